The number of carbonyl (C=O) groups excluding carboxylic acids is 2. The summed E-state index contributed by atoms with van der Waals surface area (Å²) < 4.78 is 44.5. The first-order valence-electron chi connectivity index (χ1n) is 7.27. The van der Waals surface area contributed by atoms with Gasteiger partial charge >= 0.3 is 5.97 Å². The summed E-state index contributed by atoms with van der Waals surface area (Å²) in [5.41, 5.74) is -0.244. The second-order valence-corrected chi connectivity index (χ2v) is 6.04. The van der Waals surface area contributed by atoms with Crippen LogP contribution in [-0.2, 0) is 20.7 Å². The summed E-state index contributed by atoms with van der Waals surface area (Å²) in [6, 6.07) is 6.19. The van der Waals surface area contributed by atoms with E-state index >= 15 is 0 Å². The average Bonchev–Trinajstić information content (AvgIpc) is 2.58. The molecule has 0 aliphatic heterocycles. The topological polar surface area (TPSA) is 55.4 Å². The van der Waals surface area contributed by atoms with Crippen molar-refractivity contribution in [3.63, 3.8) is 0 Å². The molecule has 2 aromatic carbocycles. The molecule has 0 heterocycles. The van der Waals surface area contributed by atoms with Crippen molar-refractivity contribution in [3.05, 3.63) is 63.4 Å². The number of halogens is 5. The van der Waals surface area contributed by atoms with Crippen molar-refractivity contribution in [2.24, 2.45) is 0 Å². The van der Waals surface area contributed by atoms with Gasteiger partial charge in [0.25, 0.3) is 5.91 Å². The van der Waals surface area contributed by atoms with Gasteiger partial charge in [-0.2, -0.15) is 0 Å². The highest BCUT2D eigenvalue weighted by molar-refractivity contribution is 6.36. The fourth-order valence-corrected chi connectivity index (χ4v) is 2.53. The van der Waals surface area contributed by atoms with E-state index in [-0.39, 0.29) is 16.5 Å². The molecule has 0 aliphatic rings. The zero-order valence-corrected chi connectivity index (χ0v) is 14.8. The third-order valence-corrected chi connectivity index (χ3v) is 4.06. The number of hydrogen-bond donors (Lipinski definition) is 1. The lowest BCUT2D eigenvalue weighted by Crippen LogP contribution is -2.31. The number of nitrogens with one attached hydrogen (secondary N) is 1. The molecule has 0 bridgehead atoms. The van der Waals surface area contributed by atoms with E-state index in [1.165, 1.54) is 19.1 Å². The van der Waals surface area contributed by atoms with E-state index in [1.54, 1.807) is 6.07 Å². The van der Waals surface area contributed by atoms with E-state index in [9.17, 15) is 22.8 Å². The van der Waals surface area contributed by atoms with E-state index in [0.717, 1.165) is 6.07 Å². The molecule has 0 fully saturated rings. The number of amides is 1. The van der Waals surface area contributed by atoms with Gasteiger partial charge in [0.15, 0.2) is 23.6 Å². The lowest BCUT2D eigenvalue weighted by molar-refractivity contribution is -0.152. The second kappa shape index (κ2) is 8.42. The van der Waals surface area contributed by atoms with Gasteiger partial charge in [0, 0.05) is 15.6 Å². The minimum atomic E-state index is -1.72. The monoisotopic (exact) mass is 405 g/mol. The molecule has 1 amide bonds. The van der Waals surface area contributed by atoms with Crippen molar-refractivity contribution < 1.29 is 27.5 Å². The zero-order valence-electron chi connectivity index (χ0n) is 13.3. The Morgan fingerprint density at radius 3 is 2.31 bits per heavy atom. The molecule has 0 aliphatic carbocycles. The van der Waals surface area contributed by atoms with Gasteiger partial charge in [0.2, 0.25) is 0 Å². The van der Waals surface area contributed by atoms with Crippen LogP contribution in [0.3, 0.4) is 0 Å². The summed E-state index contributed by atoms with van der Waals surface area (Å²) in [6.45, 7) is 1.24. The molecule has 1 atom stereocenters. The third kappa shape index (κ3) is 4.68. The molecule has 2 rings (SSSR count). The number of hydrogen-bond acceptors (Lipinski definition) is 3. The van der Waals surface area contributed by atoms with E-state index < -0.39 is 41.1 Å². The molecule has 0 radical (unpaired) electrons. The quantitative estimate of drug-likeness (QED) is 0.587. The summed E-state index contributed by atoms with van der Waals surface area (Å²) >= 11 is 11.9. The number of ether oxygens (including phenoxy) is 1. The summed E-state index contributed by atoms with van der Waals surface area (Å²) in [7, 11) is 0. The first kappa shape index (κ1) is 20.1. The number of benzene rings is 2. The van der Waals surface area contributed by atoms with Crippen LogP contribution in [0.1, 0.15) is 12.5 Å². The van der Waals surface area contributed by atoms with E-state index in [1.807, 2.05) is 5.32 Å². The van der Waals surface area contributed by atoms with Gasteiger partial charge < -0.3 is 10.1 Å². The first-order valence-corrected chi connectivity index (χ1v) is 8.03. The fraction of sp³-hybridized carbons (Fsp3) is 0.176. The lowest BCUT2D eigenvalue weighted by Gasteiger charge is -2.15. The average molecular weight is 406 g/mol. The Labute approximate surface area is 156 Å². The van der Waals surface area contributed by atoms with Crippen molar-refractivity contribution in [1.82, 2.24) is 0 Å². The zero-order chi connectivity index (χ0) is 19.4. The molecular formula is C17H12Cl2F3NO3. The summed E-state index contributed by atoms with van der Waals surface area (Å²) in [5.74, 6) is -6.39. The van der Waals surface area contributed by atoms with Gasteiger partial charge in [0.05, 0.1) is 12.1 Å². The maximum absolute atomic E-state index is 13.6. The molecule has 0 aromatic heterocycles. The molecule has 4 nitrogen and oxygen atoms in total. The Morgan fingerprint density at radius 2 is 1.69 bits per heavy atom. The molecule has 1 N–H and O–H groups in total. The molecule has 2 aromatic rings. The van der Waals surface area contributed by atoms with E-state index in [4.69, 9.17) is 27.9 Å². The highest BCUT2D eigenvalue weighted by atomic mass is 35.5. The third-order valence-electron chi connectivity index (χ3n) is 3.35. The SMILES string of the molecule is C[C@@H](OC(=O)Cc1c(Cl)cccc1Cl)C(=O)Nc1ccc(F)c(F)c1F. The second-order valence-electron chi connectivity index (χ2n) is 5.22. The maximum atomic E-state index is 13.6. The predicted molar refractivity (Wildman–Crippen MR) is 90.7 cm³/mol. The highest BCUT2D eigenvalue weighted by Gasteiger charge is 2.22. The molecule has 0 unspecified atom stereocenters. The molecule has 0 spiro atoms. The van der Waals surface area contributed by atoms with Gasteiger partial charge in [0.1, 0.15) is 0 Å². The minimum absolute atomic E-state index is 0.260. The molecule has 9 heteroatoms. The van der Waals surface area contributed by atoms with Crippen LogP contribution in [0, 0.1) is 17.5 Å². The van der Waals surface area contributed by atoms with Crippen LogP contribution in [0.25, 0.3) is 0 Å². The molecule has 26 heavy (non-hydrogen) atoms. The van der Waals surface area contributed by atoms with Gasteiger partial charge in [-0.1, -0.05) is 29.3 Å². The van der Waals surface area contributed by atoms with Crippen LogP contribution in [0.15, 0.2) is 30.3 Å². The Balaban J connectivity index is 2.01. The van der Waals surface area contributed by atoms with Crippen LogP contribution < -0.4 is 5.32 Å². The van der Waals surface area contributed by atoms with Crippen molar-refractivity contribution in [1.29, 1.82) is 0 Å². The van der Waals surface area contributed by atoms with Crippen LogP contribution in [0.5, 0.6) is 0 Å². The fourth-order valence-electron chi connectivity index (χ4n) is 1.99. The number of carbonyl (C=O) groups is 2. The van der Waals surface area contributed by atoms with Crippen LogP contribution >= 0.6 is 23.2 Å². The lowest BCUT2D eigenvalue weighted by atomic mass is 10.1. The number of esters is 1. The van der Waals surface area contributed by atoms with Crippen molar-refractivity contribution in [2.75, 3.05) is 5.32 Å². The van der Waals surface area contributed by atoms with E-state index in [0.29, 0.717) is 11.6 Å². The Kier molecular flexibility index (Phi) is 6.50. The normalized spacial score (nSPS) is 11.8. The first-order chi connectivity index (χ1) is 12.2. The van der Waals surface area contributed by atoms with Crippen LogP contribution in [0.2, 0.25) is 10.0 Å². The van der Waals surface area contributed by atoms with Crippen LogP contribution in [-0.4, -0.2) is 18.0 Å². The number of anilines is 1. The standard InChI is InChI=1S/C17H12Cl2F3NO3/c1-8(17(25)23-13-6-5-12(20)15(21)16(13)22)26-14(24)7-9-10(18)3-2-4-11(9)19/h2-6,8H,7H2,1H3,(H,23,25)/t8-/m1/s1. The summed E-state index contributed by atoms with van der Waals surface area (Å²) in [6.07, 6.45) is -1.60. The minimum Gasteiger partial charge on any atom is -0.452 e. The van der Waals surface area contributed by atoms with Gasteiger partial charge in [-0.05, 0) is 31.2 Å². The van der Waals surface area contributed by atoms with Crippen molar-refractivity contribution in [3.8, 4) is 0 Å². The number of rotatable bonds is 5. The maximum Gasteiger partial charge on any atom is 0.311 e. The Hall–Kier alpha value is -2.25. The summed E-state index contributed by atoms with van der Waals surface area (Å²) in [5, 5.41) is 2.54. The van der Waals surface area contributed by atoms with Crippen molar-refractivity contribution >= 4 is 40.8 Å². The van der Waals surface area contributed by atoms with Gasteiger partial charge in [-0.25, -0.2) is 13.2 Å². The Bertz CT molecular complexity index is 841. The molecule has 0 saturated heterocycles. The smallest absolute Gasteiger partial charge is 0.311 e. The molecular weight excluding hydrogens is 394 g/mol. The highest BCUT2D eigenvalue weighted by Crippen LogP contribution is 2.25. The largest absolute Gasteiger partial charge is 0.452 e. The molecule has 0 saturated carbocycles. The summed E-state index contributed by atoms with van der Waals surface area (Å²) in [4.78, 5) is 23.9. The van der Waals surface area contributed by atoms with Crippen LogP contribution in [0.4, 0.5) is 18.9 Å². The Morgan fingerprint density at radius 1 is 1.08 bits per heavy atom. The predicted octanol–water partition coefficient (Wildman–Crippen LogP) is 4.52. The van der Waals surface area contributed by atoms with Crippen molar-refractivity contribution in [2.45, 2.75) is 19.4 Å². The van der Waals surface area contributed by atoms with E-state index in [2.05, 4.69) is 0 Å². The van der Waals surface area contributed by atoms with Gasteiger partial charge in [-0.15, -0.1) is 0 Å². The molecule has 138 valence electrons. The van der Waals surface area contributed by atoms with Gasteiger partial charge in [-0.3, -0.25) is 9.59 Å².